The Morgan fingerprint density at radius 1 is 1.30 bits per heavy atom. The molecule has 0 spiro atoms. The Labute approximate surface area is 169 Å². The number of anilines is 2. The zero-order valence-electron chi connectivity index (χ0n) is 15.8. The van der Waals surface area contributed by atoms with Crippen LogP contribution in [0.5, 0.6) is 0 Å². The van der Waals surface area contributed by atoms with Gasteiger partial charge in [-0.05, 0) is 51.0 Å². The van der Waals surface area contributed by atoms with Gasteiger partial charge in [-0.2, -0.15) is 0 Å². The maximum atomic E-state index is 13.7. The number of hydrogen-bond acceptors (Lipinski definition) is 4. The molecule has 0 amide bonds. The first kappa shape index (κ1) is 23.5. The van der Waals surface area contributed by atoms with Gasteiger partial charge in [0.25, 0.3) is 5.56 Å². The summed E-state index contributed by atoms with van der Waals surface area (Å²) < 4.78 is 26.2. The SMILES string of the molecule is CC1(S(N)=O)CC1.CO.Cc1c(Nc2ccc(Br)cc2F)ccn(C)c1=O. The van der Waals surface area contributed by atoms with E-state index in [4.69, 9.17) is 10.2 Å². The van der Waals surface area contributed by atoms with E-state index in [1.807, 2.05) is 6.92 Å². The van der Waals surface area contributed by atoms with Crippen molar-refractivity contribution in [1.82, 2.24) is 4.57 Å². The molecular weight excluding hydrogens is 437 g/mol. The Hall–Kier alpha value is -1.55. The molecule has 0 bridgehead atoms. The fourth-order valence-corrected chi connectivity index (χ4v) is 2.84. The second-order valence-corrected chi connectivity index (χ2v) is 8.76. The Morgan fingerprint density at radius 3 is 2.33 bits per heavy atom. The van der Waals surface area contributed by atoms with Gasteiger partial charge in [0.2, 0.25) is 0 Å². The Morgan fingerprint density at radius 2 is 1.89 bits per heavy atom. The molecule has 1 unspecified atom stereocenters. The Bertz CT molecular complexity index is 869. The first-order chi connectivity index (χ1) is 12.6. The van der Waals surface area contributed by atoms with E-state index in [1.165, 1.54) is 10.6 Å². The van der Waals surface area contributed by atoms with Crippen molar-refractivity contribution in [1.29, 1.82) is 0 Å². The molecular formula is C18H25BrFN3O3S. The molecule has 4 N–H and O–H groups in total. The van der Waals surface area contributed by atoms with Crippen molar-refractivity contribution in [2.45, 2.75) is 31.4 Å². The van der Waals surface area contributed by atoms with Gasteiger partial charge in [0.05, 0.1) is 21.4 Å². The van der Waals surface area contributed by atoms with E-state index in [1.54, 1.807) is 38.4 Å². The number of nitrogens with two attached hydrogens (primary N) is 1. The lowest BCUT2D eigenvalue weighted by atomic mass is 10.2. The van der Waals surface area contributed by atoms with Crippen LogP contribution in [-0.4, -0.2) is 25.7 Å². The third kappa shape index (κ3) is 6.53. The van der Waals surface area contributed by atoms with Crippen LogP contribution in [0.3, 0.4) is 0 Å². The van der Waals surface area contributed by atoms with Crippen LogP contribution >= 0.6 is 15.9 Å². The van der Waals surface area contributed by atoms with E-state index in [-0.39, 0.29) is 16.1 Å². The standard InChI is InChI=1S/C13H12BrFN2O.C4H9NOS.CH4O/c1-8-11(5-6-17(2)13(8)18)16-12-4-3-9(14)7-10(12)15;1-4(2-3-4)7(5)6;1-2/h3-7,16H,1-2H3;2-3,5H2,1H3;2H,1H3. The number of aromatic nitrogens is 1. The number of nitrogens with one attached hydrogen (secondary N) is 1. The van der Waals surface area contributed by atoms with Crippen LogP contribution in [0.25, 0.3) is 0 Å². The molecule has 1 aliphatic rings. The first-order valence-electron chi connectivity index (χ1n) is 8.13. The molecule has 2 aromatic rings. The van der Waals surface area contributed by atoms with Gasteiger partial charge in [-0.3, -0.25) is 9.93 Å². The molecule has 150 valence electrons. The molecule has 1 aliphatic carbocycles. The van der Waals surface area contributed by atoms with Crippen molar-refractivity contribution < 1.29 is 13.7 Å². The number of aliphatic hydroxyl groups is 1. The average molecular weight is 462 g/mol. The van der Waals surface area contributed by atoms with E-state index in [9.17, 15) is 13.4 Å². The van der Waals surface area contributed by atoms with Crippen LogP contribution in [0.4, 0.5) is 15.8 Å². The molecule has 1 heterocycles. The van der Waals surface area contributed by atoms with Gasteiger partial charge in [0, 0.05) is 36.1 Å². The largest absolute Gasteiger partial charge is 0.400 e. The van der Waals surface area contributed by atoms with Gasteiger partial charge < -0.3 is 15.0 Å². The maximum Gasteiger partial charge on any atom is 0.255 e. The molecule has 0 aliphatic heterocycles. The van der Waals surface area contributed by atoms with Gasteiger partial charge in [0.15, 0.2) is 0 Å². The molecule has 9 heteroatoms. The third-order valence-corrected chi connectivity index (χ3v) is 6.02. The minimum atomic E-state index is -1.07. The minimum Gasteiger partial charge on any atom is -0.400 e. The highest BCUT2D eigenvalue weighted by Gasteiger charge is 2.42. The lowest BCUT2D eigenvalue weighted by Crippen LogP contribution is -2.19. The van der Waals surface area contributed by atoms with Crippen molar-refractivity contribution in [2.24, 2.45) is 12.2 Å². The topological polar surface area (TPSA) is 97.3 Å². The highest BCUT2D eigenvalue weighted by molar-refractivity contribution is 9.10. The monoisotopic (exact) mass is 461 g/mol. The summed E-state index contributed by atoms with van der Waals surface area (Å²) in [7, 11) is 1.61. The molecule has 3 rings (SSSR count). The Kier molecular flexibility index (Phi) is 8.80. The second-order valence-electron chi connectivity index (χ2n) is 6.27. The van der Waals surface area contributed by atoms with Crippen molar-refractivity contribution in [3.05, 3.63) is 56.7 Å². The summed E-state index contributed by atoms with van der Waals surface area (Å²) in [6.45, 7) is 3.66. The van der Waals surface area contributed by atoms with E-state index in [2.05, 4.69) is 21.2 Å². The number of hydrogen-bond donors (Lipinski definition) is 3. The number of rotatable bonds is 3. The number of aryl methyl sites for hydroxylation is 1. The molecule has 1 fully saturated rings. The van der Waals surface area contributed by atoms with E-state index in [0.717, 1.165) is 20.0 Å². The van der Waals surface area contributed by atoms with Crippen LogP contribution in [0.15, 0.2) is 39.7 Å². The second kappa shape index (κ2) is 10.1. The fraction of sp³-hybridized carbons (Fsp3) is 0.389. The molecule has 6 nitrogen and oxygen atoms in total. The average Bonchev–Trinajstić information content (AvgIpc) is 3.39. The van der Waals surface area contributed by atoms with Crippen molar-refractivity contribution in [3.8, 4) is 0 Å². The number of pyridine rings is 1. The van der Waals surface area contributed by atoms with Crippen molar-refractivity contribution in [2.75, 3.05) is 12.4 Å². The highest BCUT2D eigenvalue weighted by atomic mass is 79.9. The van der Waals surface area contributed by atoms with E-state index in [0.29, 0.717) is 21.4 Å². The van der Waals surface area contributed by atoms with Crippen LogP contribution in [0, 0.1) is 12.7 Å². The molecule has 0 saturated heterocycles. The van der Waals surface area contributed by atoms with Crippen LogP contribution in [0.2, 0.25) is 0 Å². The minimum absolute atomic E-state index is 0. The van der Waals surface area contributed by atoms with Gasteiger partial charge in [-0.25, -0.2) is 8.60 Å². The van der Waals surface area contributed by atoms with Crippen molar-refractivity contribution >= 4 is 38.3 Å². The third-order valence-electron chi connectivity index (χ3n) is 4.15. The van der Waals surface area contributed by atoms with Gasteiger partial charge in [-0.1, -0.05) is 15.9 Å². The molecule has 27 heavy (non-hydrogen) atoms. The van der Waals surface area contributed by atoms with Crippen LogP contribution < -0.4 is 16.0 Å². The molecule has 1 saturated carbocycles. The molecule has 1 aromatic heterocycles. The van der Waals surface area contributed by atoms with Gasteiger partial charge in [0.1, 0.15) is 5.82 Å². The quantitative estimate of drug-likeness (QED) is 0.653. The van der Waals surface area contributed by atoms with Gasteiger partial charge in [-0.15, -0.1) is 0 Å². The Balaban J connectivity index is 0.000000338. The van der Waals surface area contributed by atoms with Gasteiger partial charge >= 0.3 is 0 Å². The zero-order valence-corrected chi connectivity index (χ0v) is 18.2. The first-order valence-corrected chi connectivity index (χ1v) is 10.1. The lowest BCUT2D eigenvalue weighted by molar-refractivity contribution is 0.399. The summed E-state index contributed by atoms with van der Waals surface area (Å²) in [4.78, 5) is 11.7. The summed E-state index contributed by atoms with van der Waals surface area (Å²) in [5.41, 5.74) is 1.41. The predicted molar refractivity (Wildman–Crippen MR) is 112 cm³/mol. The summed E-state index contributed by atoms with van der Waals surface area (Å²) in [5.74, 6) is -0.371. The predicted octanol–water partition coefficient (Wildman–Crippen LogP) is 3.11. The summed E-state index contributed by atoms with van der Waals surface area (Å²) in [6.07, 6.45) is 3.72. The highest BCUT2D eigenvalue weighted by Crippen LogP contribution is 2.38. The smallest absolute Gasteiger partial charge is 0.255 e. The zero-order chi connectivity index (χ0) is 20.8. The summed E-state index contributed by atoms with van der Waals surface area (Å²) in [5, 5.41) is 15.0. The molecule has 0 radical (unpaired) electrons. The normalized spacial score (nSPS) is 14.8. The summed E-state index contributed by atoms with van der Waals surface area (Å²) in [6, 6.07) is 6.48. The van der Waals surface area contributed by atoms with Crippen molar-refractivity contribution in [3.63, 3.8) is 0 Å². The van der Waals surface area contributed by atoms with Crippen LogP contribution in [-0.2, 0) is 18.0 Å². The fourth-order valence-electron chi connectivity index (χ4n) is 2.01. The van der Waals surface area contributed by atoms with E-state index >= 15 is 0 Å². The lowest BCUT2D eigenvalue weighted by Gasteiger charge is -2.11. The van der Waals surface area contributed by atoms with Crippen LogP contribution in [0.1, 0.15) is 25.3 Å². The number of aliphatic hydroxyl groups excluding tert-OH is 1. The summed E-state index contributed by atoms with van der Waals surface area (Å²) >= 11 is 3.20. The number of nitrogens with zero attached hydrogens (tertiary/aromatic N) is 1. The molecule has 1 atom stereocenters. The number of benzene rings is 1. The van der Waals surface area contributed by atoms with E-state index < -0.39 is 11.0 Å². The maximum absolute atomic E-state index is 13.7. The molecule has 1 aromatic carbocycles. The number of halogens is 2.